The standard InChI is InChI=1S/C17H15ClN2O5/c1-11(12-5-7-14(18)8-6-12)19-16(21)10-25-17(22)13-3-2-4-15(9-13)20(23)24/h2-9,11H,10H2,1H3,(H,19,21)/t11-/m0/s1. The van der Waals surface area contributed by atoms with Crippen LogP contribution in [-0.2, 0) is 9.53 Å². The number of non-ortho nitro benzene ring substituents is 1. The molecule has 25 heavy (non-hydrogen) atoms. The number of carbonyl (C=O) groups excluding carboxylic acids is 2. The van der Waals surface area contributed by atoms with Gasteiger partial charge >= 0.3 is 5.97 Å². The molecule has 8 heteroatoms. The van der Waals surface area contributed by atoms with Crippen molar-refractivity contribution in [2.45, 2.75) is 13.0 Å². The predicted molar refractivity (Wildman–Crippen MR) is 91.4 cm³/mol. The first-order valence-electron chi connectivity index (χ1n) is 7.33. The smallest absolute Gasteiger partial charge is 0.338 e. The van der Waals surface area contributed by atoms with Gasteiger partial charge in [-0.05, 0) is 30.7 Å². The van der Waals surface area contributed by atoms with Crippen molar-refractivity contribution in [2.75, 3.05) is 6.61 Å². The van der Waals surface area contributed by atoms with Gasteiger partial charge in [-0.15, -0.1) is 0 Å². The Morgan fingerprint density at radius 2 is 1.92 bits per heavy atom. The summed E-state index contributed by atoms with van der Waals surface area (Å²) in [6.45, 7) is 1.29. The van der Waals surface area contributed by atoms with E-state index in [1.54, 1.807) is 31.2 Å². The molecule has 0 spiro atoms. The van der Waals surface area contributed by atoms with Crippen molar-refractivity contribution >= 4 is 29.2 Å². The van der Waals surface area contributed by atoms with Gasteiger partial charge in [0.05, 0.1) is 16.5 Å². The van der Waals surface area contributed by atoms with E-state index in [2.05, 4.69) is 5.32 Å². The molecule has 0 saturated heterocycles. The SMILES string of the molecule is C[C@H](NC(=O)COC(=O)c1cccc([N+](=O)[O-])c1)c1ccc(Cl)cc1. The molecule has 0 aromatic heterocycles. The summed E-state index contributed by atoms with van der Waals surface area (Å²) >= 11 is 5.81. The van der Waals surface area contributed by atoms with Crippen LogP contribution in [0, 0.1) is 10.1 Å². The molecule has 2 rings (SSSR count). The van der Waals surface area contributed by atoms with Crippen LogP contribution in [0.15, 0.2) is 48.5 Å². The summed E-state index contributed by atoms with van der Waals surface area (Å²) in [4.78, 5) is 33.8. The number of nitro groups is 1. The summed E-state index contributed by atoms with van der Waals surface area (Å²) in [7, 11) is 0. The molecule has 7 nitrogen and oxygen atoms in total. The Balaban J connectivity index is 1.89. The highest BCUT2D eigenvalue weighted by Gasteiger charge is 2.15. The van der Waals surface area contributed by atoms with Gasteiger partial charge < -0.3 is 10.1 Å². The van der Waals surface area contributed by atoms with Gasteiger partial charge in [-0.2, -0.15) is 0 Å². The van der Waals surface area contributed by atoms with Gasteiger partial charge in [-0.1, -0.05) is 29.8 Å². The molecule has 0 saturated carbocycles. The first-order chi connectivity index (χ1) is 11.9. The van der Waals surface area contributed by atoms with Crippen LogP contribution in [0.1, 0.15) is 28.9 Å². The number of carbonyl (C=O) groups is 2. The van der Waals surface area contributed by atoms with Crippen molar-refractivity contribution in [3.8, 4) is 0 Å². The lowest BCUT2D eigenvalue weighted by Crippen LogP contribution is -2.31. The molecule has 0 aliphatic heterocycles. The average Bonchev–Trinajstić information content (AvgIpc) is 2.60. The Labute approximate surface area is 148 Å². The summed E-state index contributed by atoms with van der Waals surface area (Å²) in [5, 5.41) is 14.0. The highest BCUT2D eigenvalue weighted by Crippen LogP contribution is 2.16. The summed E-state index contributed by atoms with van der Waals surface area (Å²) < 4.78 is 4.89. The monoisotopic (exact) mass is 362 g/mol. The number of amides is 1. The lowest BCUT2D eigenvalue weighted by molar-refractivity contribution is -0.384. The molecule has 0 heterocycles. The Morgan fingerprint density at radius 1 is 1.24 bits per heavy atom. The Hall–Kier alpha value is -2.93. The maximum absolute atomic E-state index is 11.9. The zero-order chi connectivity index (χ0) is 18.4. The number of halogens is 1. The molecule has 0 bridgehead atoms. The van der Waals surface area contributed by atoms with Crippen LogP contribution in [-0.4, -0.2) is 23.4 Å². The quantitative estimate of drug-likeness (QED) is 0.483. The minimum atomic E-state index is -0.807. The number of esters is 1. The molecule has 0 radical (unpaired) electrons. The molecule has 0 aliphatic carbocycles. The van der Waals surface area contributed by atoms with E-state index in [0.717, 1.165) is 11.6 Å². The third-order valence-electron chi connectivity index (χ3n) is 3.37. The van der Waals surface area contributed by atoms with E-state index >= 15 is 0 Å². The molecular formula is C17H15ClN2O5. The van der Waals surface area contributed by atoms with Crippen molar-refractivity contribution in [1.29, 1.82) is 0 Å². The average molecular weight is 363 g/mol. The molecule has 0 fully saturated rings. The lowest BCUT2D eigenvalue weighted by atomic mass is 10.1. The van der Waals surface area contributed by atoms with Gasteiger partial charge in [0, 0.05) is 17.2 Å². The maximum atomic E-state index is 11.9. The summed E-state index contributed by atoms with van der Waals surface area (Å²) in [5.41, 5.74) is 0.630. The van der Waals surface area contributed by atoms with E-state index in [1.807, 2.05) is 0 Å². The van der Waals surface area contributed by atoms with Crippen molar-refractivity contribution < 1.29 is 19.2 Å². The first-order valence-corrected chi connectivity index (χ1v) is 7.71. The van der Waals surface area contributed by atoms with E-state index < -0.39 is 23.4 Å². The number of nitro benzene ring substituents is 1. The number of hydrogen-bond acceptors (Lipinski definition) is 5. The third kappa shape index (κ3) is 5.29. The van der Waals surface area contributed by atoms with Gasteiger partial charge in [-0.25, -0.2) is 4.79 Å². The van der Waals surface area contributed by atoms with Gasteiger partial charge in [0.25, 0.3) is 11.6 Å². The van der Waals surface area contributed by atoms with Gasteiger partial charge in [-0.3, -0.25) is 14.9 Å². The Bertz CT molecular complexity index is 792. The van der Waals surface area contributed by atoms with E-state index in [9.17, 15) is 19.7 Å². The number of nitrogens with zero attached hydrogens (tertiary/aromatic N) is 1. The van der Waals surface area contributed by atoms with Crippen LogP contribution in [0.5, 0.6) is 0 Å². The Morgan fingerprint density at radius 3 is 2.56 bits per heavy atom. The minimum Gasteiger partial charge on any atom is -0.452 e. The molecule has 1 N–H and O–H groups in total. The summed E-state index contributed by atoms with van der Waals surface area (Å²) in [5.74, 6) is -1.29. The van der Waals surface area contributed by atoms with Gasteiger partial charge in [0.15, 0.2) is 6.61 Å². The normalized spacial score (nSPS) is 11.4. The van der Waals surface area contributed by atoms with E-state index in [-0.39, 0.29) is 17.3 Å². The van der Waals surface area contributed by atoms with Gasteiger partial charge in [0.1, 0.15) is 0 Å². The first kappa shape index (κ1) is 18.4. The number of nitrogens with one attached hydrogen (secondary N) is 1. The molecular weight excluding hydrogens is 348 g/mol. The Kier molecular flexibility index (Phi) is 6.08. The van der Waals surface area contributed by atoms with E-state index in [4.69, 9.17) is 16.3 Å². The van der Waals surface area contributed by atoms with Crippen molar-refractivity contribution in [2.24, 2.45) is 0 Å². The second kappa shape index (κ2) is 8.25. The van der Waals surface area contributed by atoms with Crippen LogP contribution >= 0.6 is 11.6 Å². The van der Waals surface area contributed by atoms with Crippen molar-refractivity contribution in [1.82, 2.24) is 5.32 Å². The molecule has 0 aliphatic rings. The van der Waals surface area contributed by atoms with Gasteiger partial charge in [0.2, 0.25) is 0 Å². The summed E-state index contributed by atoms with van der Waals surface area (Å²) in [6.07, 6.45) is 0. The van der Waals surface area contributed by atoms with Crippen LogP contribution in [0.2, 0.25) is 5.02 Å². The topological polar surface area (TPSA) is 98.5 Å². The van der Waals surface area contributed by atoms with Crippen molar-refractivity contribution in [3.63, 3.8) is 0 Å². The lowest BCUT2D eigenvalue weighted by Gasteiger charge is -2.14. The molecule has 2 aromatic rings. The summed E-state index contributed by atoms with van der Waals surface area (Å²) in [6, 6.07) is 11.8. The fourth-order valence-corrected chi connectivity index (χ4v) is 2.20. The molecule has 1 amide bonds. The van der Waals surface area contributed by atoms with Crippen LogP contribution in [0.4, 0.5) is 5.69 Å². The number of rotatable bonds is 6. The largest absolute Gasteiger partial charge is 0.452 e. The second-order valence-corrected chi connectivity index (χ2v) is 5.66. The minimum absolute atomic E-state index is 0.00718. The van der Waals surface area contributed by atoms with Crippen LogP contribution < -0.4 is 5.32 Å². The molecule has 130 valence electrons. The molecule has 0 unspecified atom stereocenters. The van der Waals surface area contributed by atoms with Crippen LogP contribution in [0.3, 0.4) is 0 Å². The fourth-order valence-electron chi connectivity index (χ4n) is 2.08. The highest BCUT2D eigenvalue weighted by molar-refractivity contribution is 6.30. The zero-order valence-corrected chi connectivity index (χ0v) is 14.0. The highest BCUT2D eigenvalue weighted by atomic mass is 35.5. The zero-order valence-electron chi connectivity index (χ0n) is 13.3. The number of benzene rings is 2. The fraction of sp³-hybridized carbons (Fsp3) is 0.176. The molecule has 2 aromatic carbocycles. The van der Waals surface area contributed by atoms with Crippen molar-refractivity contribution in [3.05, 3.63) is 74.8 Å². The maximum Gasteiger partial charge on any atom is 0.338 e. The van der Waals surface area contributed by atoms with E-state index in [1.165, 1.54) is 18.2 Å². The molecule has 1 atom stereocenters. The second-order valence-electron chi connectivity index (χ2n) is 5.22. The number of hydrogen-bond donors (Lipinski definition) is 1. The predicted octanol–water partition coefficient (Wildman–Crippen LogP) is 3.28. The number of ether oxygens (including phenoxy) is 1. The third-order valence-corrected chi connectivity index (χ3v) is 3.63. The van der Waals surface area contributed by atoms with Crippen LogP contribution in [0.25, 0.3) is 0 Å². The van der Waals surface area contributed by atoms with E-state index in [0.29, 0.717) is 5.02 Å².